The van der Waals surface area contributed by atoms with Gasteiger partial charge in [0.05, 0.1) is 11.2 Å². The summed E-state index contributed by atoms with van der Waals surface area (Å²) in [4.78, 5) is 5.03. The monoisotopic (exact) mass is 332 g/mol. The Morgan fingerprint density at radius 2 is 1.72 bits per heavy atom. The third kappa shape index (κ3) is 4.08. The lowest BCUT2D eigenvalue weighted by atomic mass is 9.86. The molecule has 2 nitrogen and oxygen atoms in total. The summed E-state index contributed by atoms with van der Waals surface area (Å²) in [6, 6.07) is 19.6. The van der Waals surface area contributed by atoms with Crippen molar-refractivity contribution in [3.05, 3.63) is 65.7 Å². The summed E-state index contributed by atoms with van der Waals surface area (Å²) in [5.74, 6) is 0. The van der Waals surface area contributed by atoms with Crippen LogP contribution in [0.15, 0.2) is 54.6 Å². The lowest BCUT2D eigenvalue weighted by Crippen LogP contribution is -2.11. The van der Waals surface area contributed by atoms with Crippen molar-refractivity contribution >= 4 is 10.9 Å². The standard InChI is InChI=1S/C23H28N2/c1-23(2,3)20-12-13-21-19(16-20)15-18(11-8-14-24-4)22(25-21)17-9-6-5-7-10-17/h5-7,9-10,12-13,15-16,24H,8,11,14H2,1-4H3. The number of pyridine rings is 1. The Morgan fingerprint density at radius 1 is 0.960 bits per heavy atom. The first kappa shape index (κ1) is 17.6. The molecule has 0 fully saturated rings. The molecule has 0 saturated heterocycles. The Balaban J connectivity index is 2.11. The number of aromatic nitrogens is 1. The van der Waals surface area contributed by atoms with Crippen LogP contribution in [0.2, 0.25) is 0 Å². The maximum atomic E-state index is 5.03. The van der Waals surface area contributed by atoms with Gasteiger partial charge in [-0.2, -0.15) is 0 Å². The number of rotatable bonds is 5. The van der Waals surface area contributed by atoms with Crippen LogP contribution >= 0.6 is 0 Å². The predicted molar refractivity (Wildman–Crippen MR) is 108 cm³/mol. The Hall–Kier alpha value is -2.19. The van der Waals surface area contributed by atoms with Gasteiger partial charge in [0.1, 0.15) is 0 Å². The van der Waals surface area contributed by atoms with Crippen molar-refractivity contribution in [2.45, 2.75) is 39.0 Å². The van der Waals surface area contributed by atoms with Crippen LogP contribution in [-0.2, 0) is 11.8 Å². The zero-order chi connectivity index (χ0) is 17.9. The third-order valence-electron chi connectivity index (χ3n) is 4.68. The largest absolute Gasteiger partial charge is 0.320 e. The molecule has 0 aliphatic rings. The number of benzene rings is 2. The minimum absolute atomic E-state index is 0.151. The van der Waals surface area contributed by atoms with Crippen molar-refractivity contribution in [2.75, 3.05) is 13.6 Å². The lowest BCUT2D eigenvalue weighted by molar-refractivity contribution is 0.591. The van der Waals surface area contributed by atoms with Crippen LogP contribution in [0.25, 0.3) is 22.2 Å². The highest BCUT2D eigenvalue weighted by molar-refractivity contribution is 5.84. The van der Waals surface area contributed by atoms with E-state index in [-0.39, 0.29) is 5.41 Å². The molecule has 2 aromatic carbocycles. The zero-order valence-electron chi connectivity index (χ0n) is 15.8. The number of fused-ring (bicyclic) bond motifs is 1. The highest BCUT2D eigenvalue weighted by Crippen LogP contribution is 2.30. The summed E-state index contributed by atoms with van der Waals surface area (Å²) in [6.45, 7) is 7.80. The van der Waals surface area contributed by atoms with Crippen molar-refractivity contribution in [3.8, 4) is 11.3 Å². The zero-order valence-corrected chi connectivity index (χ0v) is 15.8. The SMILES string of the molecule is CNCCCc1cc2cc(C(C)(C)C)ccc2nc1-c1ccccc1. The third-order valence-corrected chi connectivity index (χ3v) is 4.68. The first-order chi connectivity index (χ1) is 12.0. The van der Waals surface area contributed by atoms with E-state index in [1.54, 1.807) is 0 Å². The van der Waals surface area contributed by atoms with Crippen molar-refractivity contribution in [1.82, 2.24) is 10.3 Å². The Morgan fingerprint density at radius 3 is 2.40 bits per heavy atom. The molecule has 0 amide bonds. The van der Waals surface area contributed by atoms with Gasteiger partial charge in [0, 0.05) is 10.9 Å². The van der Waals surface area contributed by atoms with E-state index in [1.165, 1.54) is 22.1 Å². The van der Waals surface area contributed by atoms with Gasteiger partial charge in [-0.3, -0.25) is 0 Å². The van der Waals surface area contributed by atoms with Crippen LogP contribution in [0.3, 0.4) is 0 Å². The molecular weight excluding hydrogens is 304 g/mol. The van der Waals surface area contributed by atoms with Crippen LogP contribution in [0, 0.1) is 0 Å². The van der Waals surface area contributed by atoms with E-state index in [0.29, 0.717) is 0 Å². The summed E-state index contributed by atoms with van der Waals surface area (Å²) in [5.41, 5.74) is 6.23. The van der Waals surface area contributed by atoms with E-state index in [4.69, 9.17) is 4.98 Å². The predicted octanol–water partition coefficient (Wildman–Crippen LogP) is 5.35. The number of nitrogens with one attached hydrogen (secondary N) is 1. The molecule has 1 heterocycles. The number of aryl methyl sites for hydroxylation is 1. The maximum Gasteiger partial charge on any atom is 0.0741 e. The molecule has 0 atom stereocenters. The molecule has 0 aliphatic heterocycles. The smallest absolute Gasteiger partial charge is 0.0741 e. The van der Waals surface area contributed by atoms with Crippen LogP contribution in [0.4, 0.5) is 0 Å². The summed E-state index contributed by atoms with van der Waals surface area (Å²) in [7, 11) is 2.01. The Bertz CT molecular complexity index is 845. The molecule has 0 saturated carbocycles. The van der Waals surface area contributed by atoms with E-state index in [0.717, 1.165) is 30.6 Å². The Kier molecular flexibility index (Phi) is 5.19. The number of hydrogen-bond acceptors (Lipinski definition) is 2. The van der Waals surface area contributed by atoms with E-state index in [2.05, 4.69) is 80.7 Å². The van der Waals surface area contributed by atoms with Crippen molar-refractivity contribution < 1.29 is 0 Å². The van der Waals surface area contributed by atoms with Gasteiger partial charge in [-0.25, -0.2) is 4.98 Å². The molecule has 3 rings (SSSR count). The normalized spacial score (nSPS) is 11.8. The first-order valence-electron chi connectivity index (χ1n) is 9.13. The van der Waals surface area contributed by atoms with Gasteiger partial charge in [0.2, 0.25) is 0 Å². The van der Waals surface area contributed by atoms with Gasteiger partial charge in [-0.1, -0.05) is 57.2 Å². The maximum absolute atomic E-state index is 5.03. The summed E-state index contributed by atoms with van der Waals surface area (Å²) in [5, 5.41) is 4.49. The second kappa shape index (κ2) is 7.37. The van der Waals surface area contributed by atoms with Gasteiger partial charge in [-0.05, 0) is 61.2 Å². The van der Waals surface area contributed by atoms with Crippen LogP contribution < -0.4 is 5.32 Å². The molecule has 0 unspecified atom stereocenters. The first-order valence-corrected chi connectivity index (χ1v) is 9.13. The molecule has 130 valence electrons. The van der Waals surface area contributed by atoms with Crippen molar-refractivity contribution in [3.63, 3.8) is 0 Å². The summed E-state index contributed by atoms with van der Waals surface area (Å²) >= 11 is 0. The molecule has 1 N–H and O–H groups in total. The van der Waals surface area contributed by atoms with Crippen molar-refractivity contribution in [1.29, 1.82) is 0 Å². The van der Waals surface area contributed by atoms with Crippen LogP contribution in [-0.4, -0.2) is 18.6 Å². The second-order valence-electron chi connectivity index (χ2n) is 7.73. The molecule has 25 heavy (non-hydrogen) atoms. The number of hydrogen-bond donors (Lipinski definition) is 1. The minimum Gasteiger partial charge on any atom is -0.320 e. The fourth-order valence-electron chi connectivity index (χ4n) is 3.18. The van der Waals surface area contributed by atoms with Gasteiger partial charge in [0.15, 0.2) is 0 Å². The van der Waals surface area contributed by atoms with Gasteiger partial charge in [0.25, 0.3) is 0 Å². The molecule has 0 bridgehead atoms. The minimum atomic E-state index is 0.151. The highest BCUT2D eigenvalue weighted by Gasteiger charge is 2.15. The molecule has 3 aromatic rings. The van der Waals surface area contributed by atoms with E-state index >= 15 is 0 Å². The highest BCUT2D eigenvalue weighted by atomic mass is 14.8. The molecule has 2 heteroatoms. The van der Waals surface area contributed by atoms with Crippen molar-refractivity contribution in [2.24, 2.45) is 0 Å². The van der Waals surface area contributed by atoms with Gasteiger partial charge < -0.3 is 5.32 Å². The quantitative estimate of drug-likeness (QED) is 0.637. The average molecular weight is 332 g/mol. The topological polar surface area (TPSA) is 24.9 Å². The lowest BCUT2D eigenvalue weighted by Gasteiger charge is -2.20. The Labute approximate surface area is 151 Å². The van der Waals surface area contributed by atoms with E-state index in [1.807, 2.05) is 7.05 Å². The molecule has 0 aliphatic carbocycles. The number of nitrogens with zero attached hydrogens (tertiary/aromatic N) is 1. The fourth-order valence-corrected chi connectivity index (χ4v) is 3.18. The van der Waals surface area contributed by atoms with Crippen LogP contribution in [0.1, 0.15) is 38.3 Å². The van der Waals surface area contributed by atoms with E-state index < -0.39 is 0 Å². The van der Waals surface area contributed by atoms with Crippen LogP contribution in [0.5, 0.6) is 0 Å². The molecular formula is C23H28N2. The van der Waals surface area contributed by atoms with Gasteiger partial charge >= 0.3 is 0 Å². The summed E-state index contributed by atoms with van der Waals surface area (Å²) in [6.07, 6.45) is 2.15. The second-order valence-corrected chi connectivity index (χ2v) is 7.73. The van der Waals surface area contributed by atoms with E-state index in [9.17, 15) is 0 Å². The fraction of sp³-hybridized carbons (Fsp3) is 0.348. The average Bonchev–Trinajstić information content (AvgIpc) is 2.61. The summed E-state index contributed by atoms with van der Waals surface area (Å²) < 4.78 is 0. The van der Waals surface area contributed by atoms with Gasteiger partial charge in [-0.15, -0.1) is 0 Å². The molecule has 0 radical (unpaired) electrons. The molecule has 0 spiro atoms. The molecule has 1 aromatic heterocycles.